The van der Waals surface area contributed by atoms with Crippen molar-refractivity contribution in [3.8, 4) is 17.2 Å². The summed E-state index contributed by atoms with van der Waals surface area (Å²) in [4.78, 5) is 62.2. The first-order chi connectivity index (χ1) is 28.3. The first-order valence-corrected chi connectivity index (χ1v) is 21.6. The second-order valence-corrected chi connectivity index (χ2v) is 18.2. The molecule has 4 amide bonds. The number of carbonyl (C=O) groups is 4. The lowest BCUT2D eigenvalue weighted by atomic mass is 10.0. The Kier molecular flexibility index (Phi) is 10.6. The number of furan rings is 1. The summed E-state index contributed by atoms with van der Waals surface area (Å²) in [5.74, 6) is -1.69. The number of nitrogens with one attached hydrogen (secondary N) is 3. The molecule has 8 rings (SSSR count). The molecule has 4 aromatic rings. The Morgan fingerprint density at radius 1 is 1.00 bits per heavy atom. The molecule has 3 N–H and O–H groups in total. The number of alkyl carbamates (subject to hydrolysis) is 1. The molecule has 59 heavy (non-hydrogen) atoms. The number of sulfonamides is 1. The topological polar surface area (TPSA) is 205 Å². The first kappa shape index (κ1) is 40.2. The Labute approximate surface area is 341 Å². The van der Waals surface area contributed by atoms with Gasteiger partial charge in [0, 0.05) is 23.8 Å². The Hall–Kier alpha value is -5.58. The Bertz CT molecular complexity index is 2460. The highest BCUT2D eigenvalue weighted by Gasteiger charge is 2.62. The van der Waals surface area contributed by atoms with Gasteiger partial charge in [-0.05, 0) is 75.1 Å². The summed E-state index contributed by atoms with van der Waals surface area (Å²) in [5, 5.41) is 6.17. The highest BCUT2D eigenvalue weighted by Crippen LogP contribution is 2.46. The summed E-state index contributed by atoms with van der Waals surface area (Å²) in [5.41, 5.74) is 0.228. The lowest BCUT2D eigenvalue weighted by Crippen LogP contribution is -2.59. The van der Waals surface area contributed by atoms with Crippen LogP contribution in [0.15, 0.2) is 53.5 Å². The zero-order valence-corrected chi connectivity index (χ0v) is 34.3. The van der Waals surface area contributed by atoms with Crippen LogP contribution >= 0.6 is 0 Å². The zero-order chi connectivity index (χ0) is 41.8. The Morgan fingerprint density at radius 2 is 1.76 bits per heavy atom. The second-order valence-electron chi connectivity index (χ2n) is 16.3. The SMILES string of the molecule is C=C[C@@H]1CC1(NC(=O)[C@@H]1C[C@@H](Oc2c3ccc(OC)cc3nc3c2oc2c(OC)cccc23)CN1C(=O)[C@@H](NC(=O)OC1CCCC1)C(C)C)C(=O)NS(=O)(=O)C1CC1. The quantitative estimate of drug-likeness (QED) is 0.146. The molecular weight excluding hydrogens is 783 g/mol. The largest absolute Gasteiger partial charge is 0.497 e. The molecule has 4 fully saturated rings. The molecule has 2 aromatic heterocycles. The number of nitrogens with zero attached hydrogens (tertiary/aromatic N) is 2. The van der Waals surface area contributed by atoms with Crippen molar-refractivity contribution in [1.29, 1.82) is 0 Å². The maximum absolute atomic E-state index is 14.6. The molecule has 0 radical (unpaired) electrons. The van der Waals surface area contributed by atoms with Crippen molar-refractivity contribution in [2.75, 3.05) is 20.8 Å². The van der Waals surface area contributed by atoms with E-state index in [-0.39, 0.29) is 25.5 Å². The van der Waals surface area contributed by atoms with Crippen LogP contribution in [0.4, 0.5) is 4.79 Å². The number of amides is 4. The number of ether oxygens (including phenoxy) is 4. The van der Waals surface area contributed by atoms with Crippen LogP contribution in [0.5, 0.6) is 17.2 Å². The molecule has 17 heteroatoms. The molecule has 1 unspecified atom stereocenters. The number of hydrogen-bond acceptors (Lipinski definition) is 12. The Balaban J connectivity index is 1.14. The van der Waals surface area contributed by atoms with E-state index in [2.05, 4.69) is 21.9 Å². The van der Waals surface area contributed by atoms with Crippen molar-refractivity contribution in [2.45, 2.75) is 100 Å². The molecule has 4 aliphatic rings. The fraction of sp³-hybridized carbons (Fsp3) is 0.500. The fourth-order valence-corrected chi connectivity index (χ4v) is 9.72. The lowest BCUT2D eigenvalue weighted by Gasteiger charge is -2.31. The van der Waals surface area contributed by atoms with Gasteiger partial charge in [-0.3, -0.25) is 19.1 Å². The third-order valence-electron chi connectivity index (χ3n) is 11.9. The number of methoxy groups -OCH3 is 2. The van der Waals surface area contributed by atoms with Crippen LogP contribution in [0.1, 0.15) is 65.2 Å². The van der Waals surface area contributed by atoms with Crippen molar-refractivity contribution < 1.29 is 51.0 Å². The van der Waals surface area contributed by atoms with Crippen molar-refractivity contribution in [2.24, 2.45) is 11.8 Å². The summed E-state index contributed by atoms with van der Waals surface area (Å²) < 4.78 is 57.8. The molecule has 314 valence electrons. The van der Waals surface area contributed by atoms with E-state index >= 15 is 0 Å². The van der Waals surface area contributed by atoms with Crippen LogP contribution < -0.4 is 29.6 Å². The predicted octanol–water partition coefficient (Wildman–Crippen LogP) is 4.86. The molecular formula is C42H49N5O11S. The number of rotatable bonds is 14. The number of aromatic nitrogens is 1. The van der Waals surface area contributed by atoms with E-state index in [1.807, 2.05) is 12.1 Å². The number of carbonyl (C=O) groups excluding carboxylic acids is 4. The Morgan fingerprint density at radius 3 is 2.42 bits per heavy atom. The van der Waals surface area contributed by atoms with Crippen LogP contribution in [0.25, 0.3) is 33.0 Å². The molecule has 3 aliphatic carbocycles. The van der Waals surface area contributed by atoms with Crippen molar-refractivity contribution in [3.63, 3.8) is 0 Å². The monoisotopic (exact) mass is 831 g/mol. The van der Waals surface area contributed by atoms with Crippen LogP contribution in [0, 0.1) is 11.8 Å². The number of fused-ring (bicyclic) bond motifs is 4. The van der Waals surface area contributed by atoms with E-state index < -0.39 is 74.7 Å². The number of hydrogen-bond donors (Lipinski definition) is 3. The van der Waals surface area contributed by atoms with Gasteiger partial charge >= 0.3 is 6.09 Å². The predicted molar refractivity (Wildman–Crippen MR) is 216 cm³/mol. The average Bonchev–Trinajstić information content (AvgIpc) is 4.04. The second kappa shape index (κ2) is 15.5. The summed E-state index contributed by atoms with van der Waals surface area (Å²) in [7, 11) is -0.841. The van der Waals surface area contributed by atoms with Gasteiger partial charge < -0.3 is 38.9 Å². The van der Waals surface area contributed by atoms with Gasteiger partial charge in [0.05, 0.1) is 36.9 Å². The summed E-state index contributed by atoms with van der Waals surface area (Å²) in [6.45, 7) is 7.26. The third kappa shape index (κ3) is 7.60. The molecule has 3 heterocycles. The maximum Gasteiger partial charge on any atom is 0.408 e. The first-order valence-electron chi connectivity index (χ1n) is 20.1. The highest BCUT2D eigenvalue weighted by molar-refractivity contribution is 7.91. The molecule has 5 atom stereocenters. The molecule has 2 aromatic carbocycles. The normalized spacial score (nSPS) is 23.6. The van der Waals surface area contributed by atoms with E-state index in [4.69, 9.17) is 28.3 Å². The van der Waals surface area contributed by atoms with Crippen molar-refractivity contribution in [1.82, 2.24) is 25.2 Å². The van der Waals surface area contributed by atoms with Gasteiger partial charge in [0.1, 0.15) is 41.1 Å². The zero-order valence-electron chi connectivity index (χ0n) is 33.4. The minimum absolute atomic E-state index is 0.0310. The van der Waals surface area contributed by atoms with Gasteiger partial charge in [-0.15, -0.1) is 6.58 Å². The number of pyridine rings is 1. The van der Waals surface area contributed by atoms with Gasteiger partial charge in [-0.25, -0.2) is 18.2 Å². The minimum atomic E-state index is -3.93. The number of likely N-dealkylation sites (tertiary alicyclic amines) is 1. The standard InChI is InChI=1S/C42H49N5O11S/c1-6-23-20-42(23,40(50)46-59(52,53)27-15-16-27)45-38(48)31-19-26(21-47(31)39(49)33(22(2)3)44-41(51)57-24-10-7-8-11-24)56-36-28-17-14-25(54-4)18-30(28)43-34-29-12-9-13-32(55-5)35(29)58-37(34)36/h6,9,12-14,17-18,22-24,26-27,31,33H,1,7-8,10-11,15-16,19-21H2,2-5H3,(H,44,51)(H,45,48)(H,46,50)/t23-,26-,31+,33+,42?/m1/s1. The van der Waals surface area contributed by atoms with Gasteiger partial charge in [-0.2, -0.15) is 0 Å². The maximum atomic E-state index is 14.6. The van der Waals surface area contributed by atoms with E-state index in [0.717, 1.165) is 25.7 Å². The number of para-hydroxylation sites is 1. The molecule has 16 nitrogen and oxygen atoms in total. The molecule has 0 spiro atoms. The van der Waals surface area contributed by atoms with Crippen molar-refractivity contribution in [3.05, 3.63) is 49.1 Å². The van der Waals surface area contributed by atoms with Crippen molar-refractivity contribution >= 4 is 66.8 Å². The highest BCUT2D eigenvalue weighted by atomic mass is 32.2. The van der Waals surface area contributed by atoms with Gasteiger partial charge in [0.15, 0.2) is 22.7 Å². The van der Waals surface area contributed by atoms with Crippen LogP contribution in [-0.2, 0) is 29.1 Å². The van der Waals surface area contributed by atoms with Crippen LogP contribution in [0.2, 0.25) is 0 Å². The van der Waals surface area contributed by atoms with Gasteiger partial charge in [0.25, 0.3) is 5.91 Å². The van der Waals surface area contributed by atoms with Gasteiger partial charge in [0.2, 0.25) is 21.8 Å². The lowest BCUT2D eigenvalue weighted by molar-refractivity contribution is -0.141. The van der Waals surface area contributed by atoms with Crippen LogP contribution in [0.3, 0.4) is 0 Å². The molecule has 0 bridgehead atoms. The summed E-state index contributed by atoms with van der Waals surface area (Å²) >= 11 is 0. The molecule has 1 saturated heterocycles. The van der Waals surface area contributed by atoms with Gasteiger partial charge in [-0.1, -0.05) is 26.0 Å². The van der Waals surface area contributed by atoms with Crippen LogP contribution in [-0.4, -0.2) is 98.0 Å². The smallest absolute Gasteiger partial charge is 0.408 e. The fourth-order valence-electron chi connectivity index (χ4n) is 8.36. The van der Waals surface area contributed by atoms with E-state index in [9.17, 15) is 27.6 Å². The molecule has 3 saturated carbocycles. The minimum Gasteiger partial charge on any atom is -0.497 e. The number of benzene rings is 2. The van der Waals surface area contributed by atoms with E-state index in [0.29, 0.717) is 63.1 Å². The third-order valence-corrected chi connectivity index (χ3v) is 13.7. The average molecular weight is 832 g/mol. The molecule has 1 aliphatic heterocycles. The summed E-state index contributed by atoms with van der Waals surface area (Å²) in [6, 6.07) is 8.49. The van der Waals surface area contributed by atoms with E-state index in [1.165, 1.54) is 18.1 Å². The summed E-state index contributed by atoms with van der Waals surface area (Å²) in [6.07, 6.45) is 4.08. The van der Waals surface area contributed by atoms with E-state index in [1.54, 1.807) is 45.2 Å².